The summed E-state index contributed by atoms with van der Waals surface area (Å²) in [5.74, 6) is 4.01. The number of furan rings is 1. The SMILES string of the molecule is CCC[CH2][Pb]([CH2]CCC)([CH2]CCC)[N]=C=C(C#N)Cc1ccco1. The topological polar surface area (TPSA) is 49.3 Å². The molecule has 3 nitrogen and oxygen atoms in total. The molecular weight excluding hydrogens is 491 g/mol. The fourth-order valence-electron chi connectivity index (χ4n) is 2.94. The van der Waals surface area contributed by atoms with E-state index >= 15 is 0 Å². The monoisotopic (exact) mass is 524 g/mol. The second-order valence-electron chi connectivity index (χ2n) is 6.61. The molecule has 0 saturated carbocycles. The van der Waals surface area contributed by atoms with Crippen LogP contribution in [0.15, 0.2) is 31.2 Å². The van der Waals surface area contributed by atoms with Gasteiger partial charge in [-0.15, -0.1) is 0 Å². The number of hydrogen-bond donors (Lipinski definition) is 0. The Bertz CT molecular complexity index is 529. The van der Waals surface area contributed by atoms with E-state index in [9.17, 15) is 5.26 Å². The van der Waals surface area contributed by atoms with Gasteiger partial charge in [-0.3, -0.25) is 0 Å². The molecule has 0 aliphatic heterocycles. The van der Waals surface area contributed by atoms with Crippen LogP contribution in [0.2, 0.25) is 11.9 Å². The van der Waals surface area contributed by atoms with Crippen molar-refractivity contribution >= 4 is 27.3 Å². The van der Waals surface area contributed by atoms with Crippen molar-refractivity contribution in [3.05, 3.63) is 29.7 Å². The van der Waals surface area contributed by atoms with Crippen LogP contribution in [0.4, 0.5) is 0 Å². The third-order valence-electron chi connectivity index (χ3n) is 4.48. The fourth-order valence-corrected chi connectivity index (χ4v) is 20.4. The van der Waals surface area contributed by atoms with Crippen molar-refractivity contribution in [3.8, 4) is 6.07 Å². The van der Waals surface area contributed by atoms with Crippen molar-refractivity contribution in [2.75, 3.05) is 0 Å². The summed E-state index contributed by atoms with van der Waals surface area (Å²) in [6.45, 7) is 6.78. The number of allylic oxidation sites excluding steroid dienone is 1. The van der Waals surface area contributed by atoms with E-state index in [4.69, 9.17) is 7.22 Å². The van der Waals surface area contributed by atoms with Gasteiger partial charge in [0, 0.05) is 0 Å². The number of hydrogen-bond acceptors (Lipinski definition) is 3. The molecule has 24 heavy (non-hydrogen) atoms. The van der Waals surface area contributed by atoms with E-state index in [1.165, 1.54) is 50.5 Å². The van der Waals surface area contributed by atoms with Gasteiger partial charge < -0.3 is 0 Å². The van der Waals surface area contributed by atoms with Gasteiger partial charge in [-0.1, -0.05) is 0 Å². The Morgan fingerprint density at radius 3 is 2.08 bits per heavy atom. The first-order valence-electron chi connectivity index (χ1n) is 9.46. The standard InChI is InChI=1S/C8H5N2O.3C4H9.Pb/c9-5-7(6-10)4-8-2-1-3-11-8;3*1-3-4-2;/h1-3H,4H2;3*1,3-4H2,2H3;/q-1;;;;+1. The van der Waals surface area contributed by atoms with Gasteiger partial charge >= 0.3 is 153 Å². The van der Waals surface area contributed by atoms with Crippen molar-refractivity contribution in [1.82, 2.24) is 0 Å². The maximum absolute atomic E-state index is 9.42. The first-order chi connectivity index (χ1) is 11.7. The number of nitriles is 1. The zero-order valence-corrected chi connectivity index (χ0v) is 19.5. The van der Waals surface area contributed by atoms with Crippen LogP contribution in [0, 0.1) is 11.3 Å². The van der Waals surface area contributed by atoms with Crippen LogP contribution in [-0.4, -0.2) is 27.3 Å². The predicted octanol–water partition coefficient (Wildman–Crippen LogP) is 6.29. The summed E-state index contributed by atoms with van der Waals surface area (Å²) < 4.78 is 14.4. The molecular formula is C20H32N2OPb. The normalized spacial score (nSPS) is 10.9. The number of nitrogens with zero attached hydrogens (tertiary/aromatic N) is 2. The third-order valence-corrected chi connectivity index (χ3v) is 21.7. The van der Waals surface area contributed by atoms with E-state index in [0.29, 0.717) is 12.0 Å². The average molecular weight is 524 g/mol. The molecule has 0 atom stereocenters. The molecule has 132 valence electrons. The van der Waals surface area contributed by atoms with Crippen molar-refractivity contribution in [2.45, 2.75) is 77.7 Å². The van der Waals surface area contributed by atoms with Crippen molar-refractivity contribution in [3.63, 3.8) is 0 Å². The molecule has 0 saturated heterocycles. The number of unbranched alkanes of at least 4 members (excludes halogenated alkanes) is 3. The molecule has 1 heterocycles. The summed E-state index contributed by atoms with van der Waals surface area (Å²) in [7, 11) is 0. The molecule has 0 spiro atoms. The molecule has 0 aromatic carbocycles. The van der Waals surface area contributed by atoms with E-state index < -0.39 is 21.5 Å². The molecule has 1 aromatic rings. The molecule has 0 bridgehead atoms. The number of rotatable bonds is 12. The van der Waals surface area contributed by atoms with Gasteiger partial charge in [-0.2, -0.15) is 0 Å². The zero-order valence-electron chi connectivity index (χ0n) is 15.6. The summed E-state index contributed by atoms with van der Waals surface area (Å²) >= 11 is -2.73. The van der Waals surface area contributed by atoms with Gasteiger partial charge in [0.05, 0.1) is 0 Å². The molecule has 0 unspecified atom stereocenters. The Kier molecular flexibility index (Phi) is 11.0. The molecule has 0 amide bonds. The van der Waals surface area contributed by atoms with Crippen LogP contribution in [0.3, 0.4) is 0 Å². The molecule has 0 fully saturated rings. The van der Waals surface area contributed by atoms with Crippen LogP contribution in [0.5, 0.6) is 0 Å². The molecule has 0 aliphatic carbocycles. The van der Waals surface area contributed by atoms with E-state index in [-0.39, 0.29) is 0 Å². The quantitative estimate of drug-likeness (QED) is 0.184. The van der Waals surface area contributed by atoms with Crippen LogP contribution < -0.4 is 0 Å². The third kappa shape index (κ3) is 7.81. The first-order valence-corrected chi connectivity index (χ1v) is 19.4. The molecule has 0 radical (unpaired) electrons. The minimum absolute atomic E-state index is 0.506. The van der Waals surface area contributed by atoms with Crippen molar-refractivity contribution < 1.29 is 4.42 Å². The Labute approximate surface area is 152 Å². The average Bonchev–Trinajstić information content (AvgIpc) is 3.12. The van der Waals surface area contributed by atoms with E-state index in [1.54, 1.807) is 6.26 Å². The molecule has 1 aromatic heterocycles. The second kappa shape index (κ2) is 12.5. The van der Waals surface area contributed by atoms with E-state index in [1.807, 2.05) is 12.1 Å². The van der Waals surface area contributed by atoms with Crippen molar-refractivity contribution in [2.24, 2.45) is 2.80 Å². The molecule has 4 heteroatoms. The molecule has 1 rings (SSSR count). The van der Waals surface area contributed by atoms with Crippen LogP contribution in [0.1, 0.15) is 65.1 Å². The molecule has 0 N–H and O–H groups in total. The van der Waals surface area contributed by atoms with E-state index in [0.717, 1.165) is 5.76 Å². The van der Waals surface area contributed by atoms with Gasteiger partial charge in [0.25, 0.3) is 0 Å². The predicted molar refractivity (Wildman–Crippen MR) is 104 cm³/mol. The summed E-state index contributed by atoms with van der Waals surface area (Å²) in [4.78, 5) is 0. The van der Waals surface area contributed by atoms with Gasteiger partial charge in [0.2, 0.25) is 0 Å². The summed E-state index contributed by atoms with van der Waals surface area (Å²) in [6, 6.07) is 6.03. The second-order valence-corrected chi connectivity index (χ2v) is 22.8. The van der Waals surface area contributed by atoms with Crippen LogP contribution in [-0.2, 0) is 6.42 Å². The van der Waals surface area contributed by atoms with Gasteiger partial charge in [-0.05, 0) is 0 Å². The Hall–Kier alpha value is -0.858. The Balaban J connectivity index is 3.03. The first kappa shape index (κ1) is 21.2. The van der Waals surface area contributed by atoms with Gasteiger partial charge in [0.1, 0.15) is 0 Å². The van der Waals surface area contributed by atoms with E-state index in [2.05, 4.69) is 32.7 Å². The summed E-state index contributed by atoms with van der Waals surface area (Å²) in [6.07, 6.45) is 9.69. The zero-order chi connectivity index (χ0) is 17.7. The summed E-state index contributed by atoms with van der Waals surface area (Å²) in [5, 5.41) is 9.42. The van der Waals surface area contributed by atoms with Crippen LogP contribution >= 0.6 is 0 Å². The Morgan fingerprint density at radius 1 is 1.08 bits per heavy atom. The van der Waals surface area contributed by atoms with Crippen LogP contribution in [0.25, 0.3) is 0 Å². The summed E-state index contributed by atoms with van der Waals surface area (Å²) in [5.41, 5.74) is 0.610. The van der Waals surface area contributed by atoms with Gasteiger partial charge in [0.15, 0.2) is 0 Å². The molecule has 0 aliphatic rings. The minimum atomic E-state index is -2.73. The van der Waals surface area contributed by atoms with Gasteiger partial charge in [-0.25, -0.2) is 0 Å². The fraction of sp³-hybridized carbons (Fsp3) is 0.650. The Morgan fingerprint density at radius 2 is 1.67 bits per heavy atom. The maximum atomic E-state index is 9.42. The van der Waals surface area contributed by atoms with Crippen molar-refractivity contribution in [1.29, 1.82) is 5.26 Å².